The number of halogens is 1. The number of hydrogen-bond acceptors (Lipinski definition) is 4. The molecule has 1 heterocycles. The van der Waals surface area contributed by atoms with Gasteiger partial charge >= 0.3 is 0 Å². The van der Waals surface area contributed by atoms with Crippen LogP contribution in [0.5, 0.6) is 5.75 Å². The van der Waals surface area contributed by atoms with Crippen molar-refractivity contribution in [1.29, 1.82) is 0 Å². The fourth-order valence-corrected chi connectivity index (χ4v) is 3.45. The van der Waals surface area contributed by atoms with Gasteiger partial charge < -0.3 is 20.3 Å². The lowest BCUT2D eigenvalue weighted by Crippen LogP contribution is -2.38. The first-order chi connectivity index (χ1) is 14.9. The fourth-order valence-electron chi connectivity index (χ4n) is 3.45. The van der Waals surface area contributed by atoms with E-state index in [1.54, 1.807) is 7.05 Å². The number of carbonyl (C=O) groups is 1. The lowest BCUT2D eigenvalue weighted by Gasteiger charge is -2.22. The summed E-state index contributed by atoms with van der Waals surface area (Å²) in [4.78, 5) is 18.3. The first kappa shape index (κ1) is 26.0. The Kier molecular flexibility index (Phi) is 9.80. The summed E-state index contributed by atoms with van der Waals surface area (Å²) >= 11 is 0. The summed E-state index contributed by atoms with van der Waals surface area (Å²) in [5, 5.41) is 10.9. The van der Waals surface area contributed by atoms with Crippen LogP contribution < -0.4 is 15.4 Å². The molecule has 9 heteroatoms. The van der Waals surface area contributed by atoms with Gasteiger partial charge in [-0.15, -0.1) is 24.0 Å². The number of guanidine groups is 1. The van der Waals surface area contributed by atoms with Gasteiger partial charge in [-0.1, -0.05) is 26.0 Å². The normalized spacial score (nSPS) is 13.5. The number of nitrogens with one attached hydrogen (secondary N) is 2. The molecule has 1 fully saturated rings. The van der Waals surface area contributed by atoms with Crippen LogP contribution in [-0.2, 0) is 24.9 Å². The van der Waals surface area contributed by atoms with Crippen LogP contribution in [0.25, 0.3) is 0 Å². The number of benzene rings is 1. The Morgan fingerprint density at radius 2 is 2.12 bits per heavy atom. The maximum Gasteiger partial charge on any atom is 0.258 e. The molecular formula is C23H35IN6O2. The van der Waals surface area contributed by atoms with Gasteiger partial charge in [-0.25, -0.2) is 0 Å². The largest absolute Gasteiger partial charge is 0.484 e. The van der Waals surface area contributed by atoms with E-state index < -0.39 is 0 Å². The van der Waals surface area contributed by atoms with Crippen molar-refractivity contribution in [2.75, 3.05) is 20.7 Å². The summed E-state index contributed by atoms with van der Waals surface area (Å²) in [5.41, 5.74) is 3.36. The molecule has 1 amide bonds. The van der Waals surface area contributed by atoms with Gasteiger partial charge in [0.25, 0.3) is 5.91 Å². The zero-order chi connectivity index (χ0) is 22.4. The van der Waals surface area contributed by atoms with Crippen molar-refractivity contribution in [3.8, 4) is 5.75 Å². The summed E-state index contributed by atoms with van der Waals surface area (Å²) in [6.07, 6.45) is 4.21. The van der Waals surface area contributed by atoms with E-state index in [1.165, 1.54) is 5.56 Å². The topological polar surface area (TPSA) is 83.8 Å². The van der Waals surface area contributed by atoms with Crippen molar-refractivity contribution in [1.82, 2.24) is 25.3 Å². The third-order valence-corrected chi connectivity index (χ3v) is 5.13. The lowest BCUT2D eigenvalue weighted by molar-refractivity contribution is -0.123. The number of hydrogen-bond donors (Lipinski definition) is 2. The molecule has 1 saturated carbocycles. The minimum Gasteiger partial charge on any atom is -0.484 e. The third-order valence-electron chi connectivity index (χ3n) is 5.13. The Bertz CT molecular complexity index is 923. The number of aryl methyl sites for hydroxylation is 1. The van der Waals surface area contributed by atoms with Crippen molar-refractivity contribution in [2.45, 2.75) is 51.7 Å². The van der Waals surface area contributed by atoms with Crippen molar-refractivity contribution in [2.24, 2.45) is 12.0 Å². The quantitative estimate of drug-likeness (QED) is 0.283. The first-order valence-corrected chi connectivity index (χ1v) is 10.8. The Hall–Kier alpha value is -2.30. The predicted molar refractivity (Wildman–Crippen MR) is 137 cm³/mol. The van der Waals surface area contributed by atoms with Gasteiger partial charge in [0.1, 0.15) is 5.75 Å². The highest BCUT2D eigenvalue weighted by molar-refractivity contribution is 14.0. The second-order valence-corrected chi connectivity index (χ2v) is 8.40. The highest BCUT2D eigenvalue weighted by Gasteiger charge is 2.23. The van der Waals surface area contributed by atoms with Crippen LogP contribution in [0.15, 0.2) is 35.5 Å². The number of ether oxygens (including phenoxy) is 1. The molecular weight excluding hydrogens is 519 g/mol. The van der Waals surface area contributed by atoms with E-state index in [0.29, 0.717) is 24.3 Å². The highest BCUT2D eigenvalue weighted by Crippen LogP contribution is 2.19. The molecule has 0 unspecified atom stereocenters. The maximum absolute atomic E-state index is 11.8. The first-order valence-electron chi connectivity index (χ1n) is 10.8. The number of amides is 1. The molecule has 0 atom stereocenters. The number of aromatic nitrogens is 2. The van der Waals surface area contributed by atoms with Crippen LogP contribution in [0.2, 0.25) is 0 Å². The van der Waals surface area contributed by atoms with E-state index in [0.717, 1.165) is 36.6 Å². The number of aliphatic imine (C=N–C) groups is 1. The van der Waals surface area contributed by atoms with Crippen molar-refractivity contribution >= 4 is 35.8 Å². The second-order valence-electron chi connectivity index (χ2n) is 8.40. The summed E-state index contributed by atoms with van der Waals surface area (Å²) in [6, 6.07) is 8.11. The van der Waals surface area contributed by atoms with Gasteiger partial charge in [-0.3, -0.25) is 14.5 Å². The number of nitrogens with zero attached hydrogens (tertiary/aromatic N) is 4. The van der Waals surface area contributed by atoms with Crippen LogP contribution in [0.3, 0.4) is 0 Å². The second kappa shape index (κ2) is 12.1. The van der Waals surface area contributed by atoms with Crippen molar-refractivity contribution in [3.63, 3.8) is 0 Å². The zero-order valence-corrected chi connectivity index (χ0v) is 21.9. The summed E-state index contributed by atoms with van der Waals surface area (Å²) in [6.45, 7) is 5.68. The summed E-state index contributed by atoms with van der Waals surface area (Å²) in [5.74, 6) is 1.79. The molecule has 1 aromatic carbocycles. The molecule has 0 spiro atoms. The van der Waals surface area contributed by atoms with Gasteiger partial charge in [-0.2, -0.15) is 5.10 Å². The number of rotatable bonds is 9. The SMILES string of the molecule is CN=C(NCc1cccc(OCC(=O)NC2CC2)c1)N(C)Cc1cn(C)nc1C(C)C.I. The molecule has 32 heavy (non-hydrogen) atoms. The van der Waals surface area contributed by atoms with E-state index in [9.17, 15) is 4.79 Å². The Labute approximate surface area is 207 Å². The van der Waals surface area contributed by atoms with Crippen LogP contribution in [-0.4, -0.2) is 53.3 Å². The van der Waals surface area contributed by atoms with Crippen molar-refractivity contribution in [3.05, 3.63) is 47.3 Å². The van der Waals surface area contributed by atoms with Crippen LogP contribution in [0, 0.1) is 0 Å². The van der Waals surface area contributed by atoms with Gasteiger partial charge in [-0.05, 0) is 36.5 Å². The highest BCUT2D eigenvalue weighted by atomic mass is 127. The minimum atomic E-state index is -0.0655. The van der Waals surface area contributed by atoms with Crippen LogP contribution in [0.1, 0.15) is 49.4 Å². The molecule has 2 N–H and O–H groups in total. The minimum absolute atomic E-state index is 0. The summed E-state index contributed by atoms with van der Waals surface area (Å²) in [7, 11) is 5.75. The molecule has 0 aliphatic heterocycles. The van der Waals surface area contributed by atoms with Crippen molar-refractivity contribution < 1.29 is 9.53 Å². The van der Waals surface area contributed by atoms with E-state index in [1.807, 2.05) is 43.0 Å². The van der Waals surface area contributed by atoms with Gasteiger partial charge in [0.2, 0.25) is 0 Å². The fraction of sp³-hybridized carbons (Fsp3) is 0.522. The monoisotopic (exact) mass is 554 g/mol. The molecule has 1 aromatic heterocycles. The Morgan fingerprint density at radius 1 is 1.38 bits per heavy atom. The average molecular weight is 554 g/mol. The Balaban J connectivity index is 0.00000363. The summed E-state index contributed by atoms with van der Waals surface area (Å²) < 4.78 is 7.51. The Morgan fingerprint density at radius 3 is 2.78 bits per heavy atom. The smallest absolute Gasteiger partial charge is 0.258 e. The molecule has 176 valence electrons. The van der Waals surface area contributed by atoms with E-state index in [2.05, 4.69) is 45.7 Å². The average Bonchev–Trinajstić information content (AvgIpc) is 3.47. The van der Waals surface area contributed by atoms with E-state index in [4.69, 9.17) is 4.74 Å². The molecule has 2 aromatic rings. The molecule has 3 rings (SSSR count). The van der Waals surface area contributed by atoms with Gasteiger partial charge in [0.05, 0.1) is 5.69 Å². The van der Waals surface area contributed by atoms with Gasteiger partial charge in [0.15, 0.2) is 12.6 Å². The molecule has 0 saturated heterocycles. The van der Waals surface area contributed by atoms with E-state index >= 15 is 0 Å². The van der Waals surface area contributed by atoms with E-state index in [-0.39, 0.29) is 36.5 Å². The molecule has 0 bridgehead atoms. The predicted octanol–water partition coefficient (Wildman–Crippen LogP) is 3.03. The van der Waals surface area contributed by atoms with Gasteiger partial charge in [0, 0.05) is 52.0 Å². The standard InChI is InChI=1S/C23H34N6O2.HI/c1-16(2)22-18(14-29(5)27-22)13-28(4)23(24-3)25-12-17-7-6-8-20(11-17)31-15-21(30)26-19-9-10-19;/h6-8,11,14,16,19H,9-10,12-13,15H2,1-5H3,(H,24,25)(H,26,30);1H. The molecule has 1 aliphatic carbocycles. The molecule has 0 radical (unpaired) electrons. The van der Waals surface area contributed by atoms with Crippen LogP contribution >= 0.6 is 24.0 Å². The molecule has 8 nitrogen and oxygen atoms in total. The lowest BCUT2D eigenvalue weighted by atomic mass is 10.1. The number of carbonyl (C=O) groups excluding carboxylic acids is 1. The van der Waals surface area contributed by atoms with Crippen LogP contribution in [0.4, 0.5) is 0 Å². The third kappa shape index (κ3) is 7.68. The molecule has 1 aliphatic rings. The maximum atomic E-state index is 11.8. The zero-order valence-electron chi connectivity index (χ0n) is 19.6.